The van der Waals surface area contributed by atoms with Gasteiger partial charge in [-0.3, -0.25) is 4.79 Å². The zero-order valence-electron chi connectivity index (χ0n) is 18.6. The van der Waals surface area contributed by atoms with E-state index in [1.807, 2.05) is 56.0 Å². The van der Waals surface area contributed by atoms with Crippen LogP contribution in [0.15, 0.2) is 48.5 Å². The molecule has 2 aromatic rings. The molecule has 0 aliphatic carbocycles. The molecule has 1 atom stereocenters. The van der Waals surface area contributed by atoms with E-state index in [-0.39, 0.29) is 24.6 Å². The summed E-state index contributed by atoms with van der Waals surface area (Å²) in [5.74, 6) is 0.384. The van der Waals surface area contributed by atoms with Gasteiger partial charge in [-0.2, -0.15) is 0 Å². The van der Waals surface area contributed by atoms with E-state index in [1.54, 1.807) is 19.2 Å². The summed E-state index contributed by atoms with van der Waals surface area (Å²) in [7, 11) is 1.58. The molecule has 0 bridgehead atoms. The number of hydrogen-bond acceptors (Lipinski definition) is 5. The SMILES string of the molecule is COc1cccc(NC(=O)NC2CCc3ccccc3N(CC(=O)OC(C)(C)C)C2)c1. The molecule has 166 valence electrons. The maximum absolute atomic E-state index is 12.6. The van der Waals surface area contributed by atoms with E-state index in [1.165, 1.54) is 0 Å². The fraction of sp³-hybridized carbons (Fsp3) is 0.417. The Morgan fingerprint density at radius 3 is 2.65 bits per heavy atom. The van der Waals surface area contributed by atoms with Crippen LogP contribution in [0.25, 0.3) is 0 Å². The van der Waals surface area contributed by atoms with E-state index in [4.69, 9.17) is 9.47 Å². The van der Waals surface area contributed by atoms with Crippen LogP contribution < -0.4 is 20.3 Å². The van der Waals surface area contributed by atoms with Crippen LogP contribution in [-0.2, 0) is 16.0 Å². The minimum absolute atomic E-state index is 0.125. The third-order valence-electron chi connectivity index (χ3n) is 4.94. The van der Waals surface area contributed by atoms with Crippen LogP contribution in [0, 0.1) is 0 Å². The van der Waals surface area contributed by atoms with Gasteiger partial charge in [0.15, 0.2) is 0 Å². The summed E-state index contributed by atoms with van der Waals surface area (Å²) in [5, 5.41) is 5.90. The van der Waals surface area contributed by atoms with Gasteiger partial charge >= 0.3 is 12.0 Å². The predicted molar refractivity (Wildman–Crippen MR) is 122 cm³/mol. The van der Waals surface area contributed by atoms with Crippen molar-refractivity contribution in [2.24, 2.45) is 0 Å². The molecule has 1 unspecified atom stereocenters. The van der Waals surface area contributed by atoms with Crippen LogP contribution in [-0.4, -0.2) is 43.8 Å². The molecule has 1 aliphatic rings. The zero-order chi connectivity index (χ0) is 22.4. The molecule has 31 heavy (non-hydrogen) atoms. The lowest BCUT2D eigenvalue weighted by Crippen LogP contribution is -2.46. The summed E-state index contributed by atoms with van der Waals surface area (Å²) in [6.45, 7) is 6.21. The second kappa shape index (κ2) is 9.73. The first-order valence-electron chi connectivity index (χ1n) is 10.5. The average molecular weight is 426 g/mol. The number of urea groups is 1. The molecular formula is C24H31N3O4. The molecule has 0 saturated carbocycles. The van der Waals surface area contributed by atoms with Crippen molar-refractivity contribution in [2.75, 3.05) is 30.4 Å². The van der Waals surface area contributed by atoms with Crippen LogP contribution in [0.1, 0.15) is 32.8 Å². The van der Waals surface area contributed by atoms with Crippen LogP contribution in [0.2, 0.25) is 0 Å². The summed E-state index contributed by atoms with van der Waals surface area (Å²) in [5.41, 5.74) is 2.27. The number of nitrogens with one attached hydrogen (secondary N) is 2. The number of aryl methyl sites for hydroxylation is 1. The Morgan fingerprint density at radius 1 is 1.13 bits per heavy atom. The molecule has 0 spiro atoms. The fourth-order valence-electron chi connectivity index (χ4n) is 3.67. The number of carbonyl (C=O) groups is 2. The number of nitrogens with zero attached hydrogens (tertiary/aromatic N) is 1. The zero-order valence-corrected chi connectivity index (χ0v) is 18.6. The van der Waals surface area contributed by atoms with Gasteiger partial charge in [0, 0.05) is 30.0 Å². The van der Waals surface area contributed by atoms with Gasteiger partial charge in [-0.05, 0) is 57.4 Å². The van der Waals surface area contributed by atoms with E-state index in [2.05, 4.69) is 16.7 Å². The number of amides is 2. The Labute approximate surface area is 183 Å². The first kappa shape index (κ1) is 22.5. The number of benzene rings is 2. The summed E-state index contributed by atoms with van der Waals surface area (Å²) in [4.78, 5) is 27.1. The highest BCUT2D eigenvalue weighted by Crippen LogP contribution is 2.26. The molecule has 0 fully saturated rings. The molecule has 7 nitrogen and oxygen atoms in total. The molecule has 3 rings (SSSR count). The summed E-state index contributed by atoms with van der Waals surface area (Å²) in [6, 6.07) is 14.8. The molecular weight excluding hydrogens is 394 g/mol. The van der Waals surface area contributed by atoms with Gasteiger partial charge in [0.2, 0.25) is 0 Å². The fourth-order valence-corrected chi connectivity index (χ4v) is 3.67. The Bertz CT molecular complexity index is 923. The van der Waals surface area contributed by atoms with Crippen molar-refractivity contribution in [1.82, 2.24) is 5.32 Å². The second-order valence-corrected chi connectivity index (χ2v) is 8.66. The van der Waals surface area contributed by atoms with Gasteiger partial charge in [0.05, 0.1) is 7.11 Å². The van der Waals surface area contributed by atoms with Gasteiger partial charge in [-0.1, -0.05) is 24.3 Å². The maximum atomic E-state index is 12.6. The van der Waals surface area contributed by atoms with Crippen LogP contribution in [0.5, 0.6) is 5.75 Å². The van der Waals surface area contributed by atoms with Crippen LogP contribution in [0.4, 0.5) is 16.2 Å². The van der Waals surface area contributed by atoms with Crippen molar-refractivity contribution in [3.8, 4) is 5.75 Å². The number of methoxy groups -OCH3 is 1. The van der Waals surface area contributed by atoms with Crippen molar-refractivity contribution in [1.29, 1.82) is 0 Å². The Balaban J connectivity index is 1.69. The molecule has 0 aromatic heterocycles. The molecule has 2 aromatic carbocycles. The lowest BCUT2D eigenvalue weighted by molar-refractivity contribution is -0.153. The lowest BCUT2D eigenvalue weighted by atomic mass is 10.1. The first-order valence-corrected chi connectivity index (χ1v) is 10.5. The predicted octanol–water partition coefficient (Wildman–Crippen LogP) is 3.98. The number of ether oxygens (including phenoxy) is 2. The smallest absolute Gasteiger partial charge is 0.326 e. The number of anilines is 2. The minimum Gasteiger partial charge on any atom is -0.497 e. The van der Waals surface area contributed by atoms with Gasteiger partial charge < -0.3 is 25.0 Å². The highest BCUT2D eigenvalue weighted by Gasteiger charge is 2.26. The van der Waals surface area contributed by atoms with Crippen molar-refractivity contribution in [2.45, 2.75) is 45.3 Å². The van der Waals surface area contributed by atoms with Gasteiger partial charge in [0.1, 0.15) is 17.9 Å². The summed E-state index contributed by atoms with van der Waals surface area (Å²) in [6.07, 6.45) is 1.58. The number of carbonyl (C=O) groups excluding carboxylic acids is 2. The molecule has 7 heteroatoms. The van der Waals surface area contributed by atoms with Crippen molar-refractivity contribution in [3.05, 3.63) is 54.1 Å². The maximum Gasteiger partial charge on any atom is 0.326 e. The summed E-state index contributed by atoms with van der Waals surface area (Å²) >= 11 is 0. The Morgan fingerprint density at radius 2 is 1.90 bits per heavy atom. The molecule has 2 N–H and O–H groups in total. The summed E-state index contributed by atoms with van der Waals surface area (Å²) < 4.78 is 10.7. The third-order valence-corrected chi connectivity index (χ3v) is 4.94. The van der Waals surface area contributed by atoms with Crippen LogP contribution >= 0.6 is 0 Å². The van der Waals surface area contributed by atoms with Gasteiger partial charge in [-0.25, -0.2) is 4.79 Å². The molecule has 1 aliphatic heterocycles. The largest absolute Gasteiger partial charge is 0.497 e. The topological polar surface area (TPSA) is 79.9 Å². The molecule has 0 saturated heterocycles. The number of esters is 1. The Hall–Kier alpha value is -3.22. The normalized spacial score (nSPS) is 16.0. The number of rotatable bonds is 5. The Kier molecular flexibility index (Phi) is 7.05. The van der Waals surface area contributed by atoms with E-state index in [0.717, 1.165) is 24.1 Å². The highest BCUT2D eigenvalue weighted by molar-refractivity contribution is 5.89. The lowest BCUT2D eigenvalue weighted by Gasteiger charge is -2.29. The van der Waals surface area contributed by atoms with Gasteiger partial charge in [0.25, 0.3) is 0 Å². The number of para-hydroxylation sites is 1. The number of hydrogen-bond donors (Lipinski definition) is 2. The first-order chi connectivity index (χ1) is 14.7. The number of fused-ring (bicyclic) bond motifs is 1. The second-order valence-electron chi connectivity index (χ2n) is 8.66. The van der Waals surface area contributed by atoms with Gasteiger partial charge in [-0.15, -0.1) is 0 Å². The van der Waals surface area contributed by atoms with E-state index >= 15 is 0 Å². The standard InChI is InChI=1S/C24H31N3O4/c1-24(2,3)31-22(28)16-27-15-19(13-12-17-8-5-6-11-21(17)27)26-23(29)25-18-9-7-10-20(14-18)30-4/h5-11,14,19H,12-13,15-16H2,1-4H3,(H2,25,26,29). The third kappa shape index (κ3) is 6.64. The van der Waals surface area contributed by atoms with E-state index in [9.17, 15) is 9.59 Å². The van der Waals surface area contributed by atoms with Crippen molar-refractivity contribution in [3.63, 3.8) is 0 Å². The highest BCUT2D eigenvalue weighted by atomic mass is 16.6. The van der Waals surface area contributed by atoms with E-state index < -0.39 is 5.60 Å². The van der Waals surface area contributed by atoms with Crippen LogP contribution in [0.3, 0.4) is 0 Å². The molecule has 0 radical (unpaired) electrons. The quantitative estimate of drug-likeness (QED) is 0.709. The average Bonchev–Trinajstić information content (AvgIpc) is 2.86. The van der Waals surface area contributed by atoms with E-state index in [0.29, 0.717) is 18.0 Å². The monoisotopic (exact) mass is 425 g/mol. The minimum atomic E-state index is -0.545. The molecule has 1 heterocycles. The van der Waals surface area contributed by atoms with Crippen molar-refractivity contribution < 1.29 is 19.1 Å². The van der Waals surface area contributed by atoms with Crippen molar-refractivity contribution >= 4 is 23.4 Å². The molecule has 2 amide bonds.